The highest BCUT2D eigenvalue weighted by Gasteiger charge is 2.39. The van der Waals surface area contributed by atoms with E-state index in [2.05, 4.69) is 89.8 Å². The molecule has 4 rings (SSSR count). The molecular weight excluding hydrogens is 386 g/mol. The maximum atomic E-state index is 9.23. The van der Waals surface area contributed by atoms with Crippen molar-refractivity contribution in [2.24, 2.45) is 5.92 Å². The molecule has 1 N–H and O–H groups in total. The quantitative estimate of drug-likeness (QED) is 0.529. The molecule has 1 heterocycles. The van der Waals surface area contributed by atoms with Crippen LogP contribution in [0.25, 0.3) is 0 Å². The molecule has 3 unspecified atom stereocenters. The van der Waals surface area contributed by atoms with E-state index in [-0.39, 0.29) is 18.8 Å². The summed E-state index contributed by atoms with van der Waals surface area (Å²) in [6, 6.07) is 31.7. The maximum Gasteiger partial charge on any atom is 0.164 e. The Morgan fingerprint density at radius 2 is 1.35 bits per heavy atom. The van der Waals surface area contributed by atoms with Gasteiger partial charge < -0.3 is 14.6 Å². The summed E-state index contributed by atoms with van der Waals surface area (Å²) in [7, 11) is 0. The van der Waals surface area contributed by atoms with Crippen LogP contribution < -0.4 is 0 Å². The molecule has 1 fully saturated rings. The lowest BCUT2D eigenvalue weighted by Crippen LogP contribution is -2.33. The second kappa shape index (κ2) is 11.2. The van der Waals surface area contributed by atoms with Gasteiger partial charge >= 0.3 is 0 Å². The van der Waals surface area contributed by atoms with E-state index in [9.17, 15) is 5.11 Å². The van der Waals surface area contributed by atoms with E-state index >= 15 is 0 Å². The molecule has 0 radical (unpaired) electrons. The van der Waals surface area contributed by atoms with E-state index in [4.69, 9.17) is 9.47 Å². The van der Waals surface area contributed by atoms with Gasteiger partial charge in [0, 0.05) is 31.5 Å². The molecule has 31 heavy (non-hydrogen) atoms. The zero-order valence-electron chi connectivity index (χ0n) is 17.8. The van der Waals surface area contributed by atoms with Crippen LogP contribution in [-0.2, 0) is 22.6 Å². The van der Waals surface area contributed by atoms with Crippen LogP contribution in [0.15, 0.2) is 91.0 Å². The minimum absolute atomic E-state index is 0.000174. The summed E-state index contributed by atoms with van der Waals surface area (Å²) in [6.45, 7) is 3.61. The second-order valence-electron chi connectivity index (χ2n) is 8.13. The van der Waals surface area contributed by atoms with Gasteiger partial charge in [-0.1, -0.05) is 91.0 Å². The summed E-state index contributed by atoms with van der Waals surface area (Å²) in [6.07, 6.45) is -0.324. The molecule has 0 aromatic heterocycles. The average molecular weight is 418 g/mol. The van der Waals surface area contributed by atoms with E-state index < -0.39 is 0 Å². The summed E-state index contributed by atoms with van der Waals surface area (Å²) < 4.78 is 12.0. The minimum atomic E-state index is -0.324. The van der Waals surface area contributed by atoms with Gasteiger partial charge in [0.05, 0.1) is 19.8 Å². The Morgan fingerprint density at radius 1 is 0.806 bits per heavy atom. The summed E-state index contributed by atoms with van der Waals surface area (Å²) >= 11 is 0. The first kappa shape index (κ1) is 21.7. The van der Waals surface area contributed by atoms with Crippen LogP contribution >= 0.6 is 0 Å². The fraction of sp³-hybridized carbons (Fsp3) is 0.333. The number of benzene rings is 3. The standard InChI is InChI=1S/C27H31NO3/c29-16-17-30-27-26(24-14-8-3-9-15-24)25(21-31-27)20-28(18-22-10-4-1-5-11-22)19-23-12-6-2-7-13-23/h1-15,25-27,29H,16-21H2. The highest BCUT2D eigenvalue weighted by molar-refractivity contribution is 5.23. The van der Waals surface area contributed by atoms with Crippen LogP contribution in [-0.4, -0.2) is 42.7 Å². The first-order valence-corrected chi connectivity index (χ1v) is 11.0. The van der Waals surface area contributed by atoms with E-state index in [0.717, 1.165) is 19.6 Å². The topological polar surface area (TPSA) is 41.9 Å². The molecule has 0 spiro atoms. The molecule has 3 atom stereocenters. The summed E-state index contributed by atoms with van der Waals surface area (Å²) in [4.78, 5) is 2.50. The number of rotatable bonds is 10. The zero-order chi connectivity index (χ0) is 21.3. The molecule has 3 aromatic rings. The molecular formula is C27H31NO3. The largest absolute Gasteiger partial charge is 0.394 e. The Morgan fingerprint density at radius 3 is 1.90 bits per heavy atom. The predicted molar refractivity (Wildman–Crippen MR) is 122 cm³/mol. The van der Waals surface area contributed by atoms with Gasteiger partial charge in [-0.25, -0.2) is 0 Å². The van der Waals surface area contributed by atoms with Crippen LogP contribution in [0.2, 0.25) is 0 Å². The van der Waals surface area contributed by atoms with E-state index in [0.29, 0.717) is 19.1 Å². The van der Waals surface area contributed by atoms with Gasteiger partial charge in [-0.2, -0.15) is 0 Å². The predicted octanol–water partition coefficient (Wildman–Crippen LogP) is 4.45. The van der Waals surface area contributed by atoms with Crippen molar-refractivity contribution in [3.8, 4) is 0 Å². The monoisotopic (exact) mass is 417 g/mol. The Kier molecular flexibility index (Phi) is 7.86. The highest BCUT2D eigenvalue weighted by atomic mass is 16.7. The molecule has 0 bridgehead atoms. The Balaban J connectivity index is 1.54. The summed E-state index contributed by atoms with van der Waals surface area (Å²) in [5.41, 5.74) is 3.84. The fourth-order valence-electron chi connectivity index (χ4n) is 4.44. The van der Waals surface area contributed by atoms with E-state index in [1.165, 1.54) is 16.7 Å². The number of aliphatic hydroxyl groups excluding tert-OH is 1. The third kappa shape index (κ3) is 6.02. The van der Waals surface area contributed by atoms with Gasteiger partial charge in [0.1, 0.15) is 0 Å². The van der Waals surface area contributed by atoms with Gasteiger partial charge in [-0.05, 0) is 16.7 Å². The van der Waals surface area contributed by atoms with Crippen LogP contribution in [0.4, 0.5) is 0 Å². The third-order valence-electron chi connectivity index (χ3n) is 5.82. The van der Waals surface area contributed by atoms with E-state index in [1.54, 1.807) is 0 Å². The molecule has 0 aliphatic carbocycles. The van der Waals surface area contributed by atoms with Crippen LogP contribution in [0.1, 0.15) is 22.6 Å². The number of nitrogens with zero attached hydrogens (tertiary/aromatic N) is 1. The van der Waals surface area contributed by atoms with Crippen molar-refractivity contribution in [3.05, 3.63) is 108 Å². The molecule has 4 nitrogen and oxygen atoms in total. The molecule has 4 heteroatoms. The number of ether oxygens (including phenoxy) is 2. The van der Waals surface area contributed by atoms with Crippen molar-refractivity contribution in [2.75, 3.05) is 26.4 Å². The van der Waals surface area contributed by atoms with Crippen molar-refractivity contribution in [1.82, 2.24) is 4.90 Å². The minimum Gasteiger partial charge on any atom is -0.394 e. The summed E-state index contributed by atoms with van der Waals surface area (Å²) in [5, 5.41) is 9.23. The van der Waals surface area contributed by atoms with Crippen molar-refractivity contribution in [3.63, 3.8) is 0 Å². The molecule has 0 amide bonds. The van der Waals surface area contributed by atoms with Gasteiger partial charge in [0.25, 0.3) is 0 Å². The normalized spacial score (nSPS) is 20.9. The van der Waals surface area contributed by atoms with Crippen LogP contribution in [0.3, 0.4) is 0 Å². The van der Waals surface area contributed by atoms with Gasteiger partial charge in [-0.3, -0.25) is 4.90 Å². The summed E-state index contributed by atoms with van der Waals surface area (Å²) in [5.74, 6) is 0.445. The average Bonchev–Trinajstić information content (AvgIpc) is 3.21. The smallest absolute Gasteiger partial charge is 0.164 e. The molecule has 1 aliphatic rings. The Hall–Kier alpha value is -2.50. The third-order valence-corrected chi connectivity index (χ3v) is 5.82. The van der Waals surface area contributed by atoms with Crippen molar-refractivity contribution in [1.29, 1.82) is 0 Å². The van der Waals surface area contributed by atoms with Gasteiger partial charge in [0.15, 0.2) is 6.29 Å². The first-order chi connectivity index (χ1) is 15.3. The van der Waals surface area contributed by atoms with Crippen molar-refractivity contribution >= 4 is 0 Å². The van der Waals surface area contributed by atoms with Crippen LogP contribution in [0.5, 0.6) is 0 Å². The molecule has 1 saturated heterocycles. The van der Waals surface area contributed by atoms with E-state index in [1.807, 2.05) is 6.07 Å². The van der Waals surface area contributed by atoms with Crippen LogP contribution in [0, 0.1) is 5.92 Å². The maximum absolute atomic E-state index is 9.23. The lowest BCUT2D eigenvalue weighted by atomic mass is 9.87. The lowest BCUT2D eigenvalue weighted by Gasteiger charge is -2.29. The number of hydrogen-bond acceptors (Lipinski definition) is 4. The molecule has 3 aromatic carbocycles. The van der Waals surface area contributed by atoms with Crippen molar-refractivity contribution in [2.45, 2.75) is 25.3 Å². The molecule has 1 aliphatic heterocycles. The second-order valence-corrected chi connectivity index (χ2v) is 8.13. The molecule has 162 valence electrons. The van der Waals surface area contributed by atoms with Gasteiger partial charge in [0.2, 0.25) is 0 Å². The molecule has 0 saturated carbocycles. The lowest BCUT2D eigenvalue weighted by molar-refractivity contribution is -0.124. The van der Waals surface area contributed by atoms with Crippen molar-refractivity contribution < 1.29 is 14.6 Å². The SMILES string of the molecule is OCCOC1OCC(CN(Cc2ccccc2)Cc2ccccc2)C1c1ccccc1. The Bertz CT molecular complexity index is 847. The van der Waals surface area contributed by atoms with Gasteiger partial charge in [-0.15, -0.1) is 0 Å². The number of hydrogen-bond donors (Lipinski definition) is 1. The first-order valence-electron chi connectivity index (χ1n) is 11.0. The number of aliphatic hydroxyl groups is 1. The zero-order valence-corrected chi connectivity index (χ0v) is 17.8. The fourth-order valence-corrected chi connectivity index (χ4v) is 4.44. The highest BCUT2D eigenvalue weighted by Crippen LogP contribution is 2.37. The Labute approximate surface area is 185 Å².